The lowest BCUT2D eigenvalue weighted by molar-refractivity contribution is -0.143. The molecule has 0 bridgehead atoms. The lowest BCUT2D eigenvalue weighted by Crippen LogP contribution is -2.19. The maximum Gasteiger partial charge on any atom is 0.305 e. The summed E-state index contributed by atoms with van der Waals surface area (Å²) in [5, 5.41) is 4.60. The third kappa shape index (κ3) is 6.68. The van der Waals surface area contributed by atoms with Crippen molar-refractivity contribution < 1.29 is 9.53 Å². The smallest absolute Gasteiger partial charge is 0.305 e. The third-order valence-electron chi connectivity index (χ3n) is 2.82. The fraction of sp³-hybridized carbons (Fsp3) is 0.714. The number of rotatable bonds is 9. The second-order valence-electron chi connectivity index (χ2n) is 4.60. The topological polar surface area (TPSA) is 51.2 Å². The van der Waals surface area contributed by atoms with E-state index in [-0.39, 0.29) is 5.97 Å². The van der Waals surface area contributed by atoms with Crippen molar-refractivity contribution in [1.29, 1.82) is 0 Å². The van der Waals surface area contributed by atoms with E-state index in [1.165, 1.54) is 4.88 Å². The summed E-state index contributed by atoms with van der Waals surface area (Å²) in [5.41, 5.74) is 0. The molecule has 5 heteroatoms. The molecule has 4 nitrogen and oxygen atoms in total. The lowest BCUT2D eigenvalue weighted by Gasteiger charge is -2.10. The molecule has 0 aliphatic carbocycles. The first kappa shape index (κ1) is 16.1. The number of unbranched alkanes of at least 4 members (excludes halogenated alkanes) is 2. The molecule has 1 heterocycles. The monoisotopic (exact) mass is 284 g/mol. The Morgan fingerprint density at radius 1 is 1.47 bits per heavy atom. The number of nitrogens with zero attached hydrogens (tertiary/aromatic N) is 1. The molecule has 0 fully saturated rings. The molecule has 108 valence electrons. The van der Waals surface area contributed by atoms with Gasteiger partial charge in [0, 0.05) is 17.5 Å². The predicted octanol–water partition coefficient (Wildman–Crippen LogP) is 3.23. The maximum absolute atomic E-state index is 11.1. The number of carbonyl (C=O) groups is 1. The van der Waals surface area contributed by atoms with Crippen LogP contribution in [-0.2, 0) is 9.53 Å². The van der Waals surface area contributed by atoms with Crippen LogP contribution in [0.4, 0.5) is 0 Å². The van der Waals surface area contributed by atoms with E-state index in [0.29, 0.717) is 19.1 Å². The van der Waals surface area contributed by atoms with Crippen LogP contribution >= 0.6 is 11.3 Å². The summed E-state index contributed by atoms with van der Waals surface area (Å²) in [6, 6.07) is 0.309. The fourth-order valence-corrected chi connectivity index (χ4v) is 2.58. The average Bonchev–Trinajstić information content (AvgIpc) is 2.80. The highest BCUT2D eigenvalue weighted by molar-refractivity contribution is 7.11. The van der Waals surface area contributed by atoms with E-state index in [1.807, 2.05) is 13.1 Å². The largest absolute Gasteiger partial charge is 0.466 e. The number of aryl methyl sites for hydroxylation is 1. The average molecular weight is 284 g/mol. The molecule has 19 heavy (non-hydrogen) atoms. The Hall–Kier alpha value is -0.940. The number of nitrogens with one attached hydrogen (secondary N) is 1. The van der Waals surface area contributed by atoms with Crippen LogP contribution in [0.1, 0.15) is 55.5 Å². The molecule has 1 rings (SSSR count). The van der Waals surface area contributed by atoms with Gasteiger partial charge in [0.2, 0.25) is 0 Å². The number of carbonyl (C=O) groups excluding carboxylic acids is 1. The van der Waals surface area contributed by atoms with Crippen LogP contribution in [0.15, 0.2) is 6.20 Å². The molecule has 0 saturated carbocycles. The summed E-state index contributed by atoms with van der Waals surface area (Å²) in [7, 11) is 0. The molecule has 0 saturated heterocycles. The standard InChI is InChI=1S/C14H24N2O2S/c1-4-18-13(17)8-6-5-7-9-15-12(3)14-16-10-11(2)19-14/h10,12,15H,4-9H2,1-3H3. The van der Waals surface area contributed by atoms with Crippen molar-refractivity contribution in [3.8, 4) is 0 Å². The van der Waals surface area contributed by atoms with Gasteiger partial charge in [-0.2, -0.15) is 0 Å². The van der Waals surface area contributed by atoms with Crippen molar-refractivity contribution in [3.05, 3.63) is 16.1 Å². The predicted molar refractivity (Wildman–Crippen MR) is 78.4 cm³/mol. The van der Waals surface area contributed by atoms with Crippen molar-refractivity contribution >= 4 is 17.3 Å². The van der Waals surface area contributed by atoms with Gasteiger partial charge in [-0.05, 0) is 40.2 Å². The molecule has 1 atom stereocenters. The van der Waals surface area contributed by atoms with E-state index >= 15 is 0 Å². The first-order valence-electron chi connectivity index (χ1n) is 6.94. The molecule has 0 aromatic carbocycles. The molecule has 0 amide bonds. The quantitative estimate of drug-likeness (QED) is 0.559. The number of hydrogen-bond acceptors (Lipinski definition) is 5. The van der Waals surface area contributed by atoms with Gasteiger partial charge in [-0.1, -0.05) is 6.42 Å². The number of hydrogen-bond donors (Lipinski definition) is 1. The van der Waals surface area contributed by atoms with Crippen molar-refractivity contribution in [2.45, 2.75) is 52.5 Å². The van der Waals surface area contributed by atoms with Crippen LogP contribution in [-0.4, -0.2) is 24.1 Å². The van der Waals surface area contributed by atoms with Gasteiger partial charge < -0.3 is 10.1 Å². The number of ether oxygens (including phenoxy) is 1. The maximum atomic E-state index is 11.1. The van der Waals surface area contributed by atoms with Gasteiger partial charge in [0.1, 0.15) is 5.01 Å². The Morgan fingerprint density at radius 3 is 2.89 bits per heavy atom. The Labute approximate surface area is 119 Å². The van der Waals surface area contributed by atoms with Crippen LogP contribution < -0.4 is 5.32 Å². The molecular formula is C14H24N2O2S. The fourth-order valence-electron chi connectivity index (χ4n) is 1.78. The molecule has 0 aliphatic rings. The molecule has 1 N–H and O–H groups in total. The minimum Gasteiger partial charge on any atom is -0.466 e. The third-order valence-corrected chi connectivity index (χ3v) is 3.92. The Bertz CT molecular complexity index is 379. The zero-order valence-corrected chi connectivity index (χ0v) is 12.9. The zero-order valence-electron chi connectivity index (χ0n) is 12.1. The van der Waals surface area contributed by atoms with Crippen LogP contribution in [0.3, 0.4) is 0 Å². The first-order chi connectivity index (χ1) is 9.13. The number of esters is 1. The SMILES string of the molecule is CCOC(=O)CCCCCNC(C)c1ncc(C)s1. The minimum atomic E-state index is -0.0814. The molecule has 0 aliphatic heterocycles. The van der Waals surface area contributed by atoms with Gasteiger partial charge in [-0.25, -0.2) is 4.98 Å². The van der Waals surface area contributed by atoms with Crippen LogP contribution in [0.25, 0.3) is 0 Å². The van der Waals surface area contributed by atoms with E-state index in [9.17, 15) is 4.79 Å². The molecule has 1 aromatic rings. The van der Waals surface area contributed by atoms with E-state index in [2.05, 4.69) is 24.1 Å². The first-order valence-corrected chi connectivity index (χ1v) is 7.76. The summed E-state index contributed by atoms with van der Waals surface area (Å²) in [6.07, 6.45) is 5.49. The van der Waals surface area contributed by atoms with Gasteiger partial charge in [0.25, 0.3) is 0 Å². The van der Waals surface area contributed by atoms with E-state index in [0.717, 1.165) is 30.8 Å². The number of aromatic nitrogens is 1. The Kier molecular flexibility index (Phi) is 7.67. The zero-order chi connectivity index (χ0) is 14.1. The lowest BCUT2D eigenvalue weighted by atomic mass is 10.2. The van der Waals surface area contributed by atoms with Crippen LogP contribution in [0, 0.1) is 6.92 Å². The summed E-state index contributed by atoms with van der Waals surface area (Å²) in [4.78, 5) is 16.7. The van der Waals surface area contributed by atoms with Gasteiger partial charge >= 0.3 is 5.97 Å². The highest BCUT2D eigenvalue weighted by Gasteiger charge is 2.08. The van der Waals surface area contributed by atoms with Crippen molar-refractivity contribution in [1.82, 2.24) is 10.3 Å². The normalized spacial score (nSPS) is 12.4. The second-order valence-corrected chi connectivity index (χ2v) is 5.87. The van der Waals surface area contributed by atoms with Gasteiger partial charge in [-0.15, -0.1) is 11.3 Å². The van der Waals surface area contributed by atoms with Crippen molar-refractivity contribution in [3.63, 3.8) is 0 Å². The summed E-state index contributed by atoms with van der Waals surface area (Å²) < 4.78 is 4.89. The van der Waals surface area contributed by atoms with E-state index < -0.39 is 0 Å². The summed E-state index contributed by atoms with van der Waals surface area (Å²) in [6.45, 7) is 7.48. The number of thiazole rings is 1. The van der Waals surface area contributed by atoms with E-state index in [1.54, 1.807) is 11.3 Å². The minimum absolute atomic E-state index is 0.0814. The van der Waals surface area contributed by atoms with Crippen LogP contribution in [0.5, 0.6) is 0 Å². The van der Waals surface area contributed by atoms with Gasteiger partial charge in [-0.3, -0.25) is 4.79 Å². The second kappa shape index (κ2) is 9.04. The van der Waals surface area contributed by atoms with E-state index in [4.69, 9.17) is 4.74 Å². The highest BCUT2D eigenvalue weighted by atomic mass is 32.1. The molecule has 1 aromatic heterocycles. The Morgan fingerprint density at radius 2 is 2.26 bits per heavy atom. The van der Waals surface area contributed by atoms with Gasteiger partial charge in [0.05, 0.1) is 12.6 Å². The highest BCUT2D eigenvalue weighted by Crippen LogP contribution is 2.18. The van der Waals surface area contributed by atoms with Crippen LogP contribution in [0.2, 0.25) is 0 Å². The summed E-state index contributed by atoms with van der Waals surface area (Å²) in [5.74, 6) is -0.0814. The Balaban J connectivity index is 2.03. The molecule has 0 spiro atoms. The van der Waals surface area contributed by atoms with Gasteiger partial charge in [0.15, 0.2) is 0 Å². The van der Waals surface area contributed by atoms with Crippen molar-refractivity contribution in [2.75, 3.05) is 13.2 Å². The molecule has 0 radical (unpaired) electrons. The molecule has 1 unspecified atom stereocenters. The summed E-state index contributed by atoms with van der Waals surface area (Å²) >= 11 is 1.74. The van der Waals surface area contributed by atoms with Crippen molar-refractivity contribution in [2.24, 2.45) is 0 Å². The molecular weight excluding hydrogens is 260 g/mol.